The molecule has 0 fully saturated rings. The number of aromatic nitrogens is 4. The van der Waals surface area contributed by atoms with Crippen molar-refractivity contribution in [3.05, 3.63) is 51.7 Å². The van der Waals surface area contributed by atoms with Gasteiger partial charge in [0, 0.05) is 11.8 Å². The number of rotatable bonds is 2. The van der Waals surface area contributed by atoms with Crippen molar-refractivity contribution in [1.29, 1.82) is 0 Å². The minimum absolute atomic E-state index is 0.112. The largest absolute Gasteiger partial charge is 0.465 e. The fraction of sp³-hybridized carbons (Fsp3) is 0.294. The smallest absolute Gasteiger partial charge is 0.350 e. The number of hydrogen-bond donors (Lipinski definition) is 0. The molecule has 0 atom stereocenters. The molecular formula is C17H17ClN4O3. The van der Waals surface area contributed by atoms with Crippen molar-refractivity contribution >= 4 is 23.2 Å². The van der Waals surface area contributed by atoms with Crippen LogP contribution in [0.25, 0.3) is 16.9 Å². The molecule has 0 bridgehead atoms. The lowest BCUT2D eigenvalue weighted by Crippen LogP contribution is -2.34. The summed E-state index contributed by atoms with van der Waals surface area (Å²) in [5, 5.41) is 4.39. The standard InChI is InChI=1S/C17H17ClN4O3/c1-17(2,3)22-16(24)21-9-12(19-13(18)14(21)20-22)10-6-5-7-11(8-10)15(23)25-4/h5-9H,1-4H3. The second-order valence-electron chi connectivity index (χ2n) is 6.55. The highest BCUT2D eigenvalue weighted by atomic mass is 35.5. The van der Waals surface area contributed by atoms with Gasteiger partial charge in [-0.05, 0) is 32.9 Å². The molecule has 3 rings (SSSR count). The van der Waals surface area contributed by atoms with Crippen LogP contribution < -0.4 is 5.69 Å². The van der Waals surface area contributed by atoms with Crippen LogP contribution in [0.1, 0.15) is 31.1 Å². The van der Waals surface area contributed by atoms with Crippen LogP contribution in [0.2, 0.25) is 5.15 Å². The maximum atomic E-state index is 12.6. The van der Waals surface area contributed by atoms with Crippen LogP contribution in [-0.2, 0) is 10.3 Å². The monoisotopic (exact) mass is 360 g/mol. The van der Waals surface area contributed by atoms with Crippen LogP contribution in [0.4, 0.5) is 0 Å². The quantitative estimate of drug-likeness (QED) is 0.656. The van der Waals surface area contributed by atoms with Crippen molar-refractivity contribution < 1.29 is 9.53 Å². The Morgan fingerprint density at radius 2 is 2.00 bits per heavy atom. The summed E-state index contributed by atoms with van der Waals surface area (Å²) < 4.78 is 7.45. The van der Waals surface area contributed by atoms with E-state index in [-0.39, 0.29) is 16.5 Å². The van der Waals surface area contributed by atoms with E-state index in [9.17, 15) is 9.59 Å². The number of ether oxygens (including phenoxy) is 1. The summed E-state index contributed by atoms with van der Waals surface area (Å²) in [5.41, 5.74) is 0.973. The maximum Gasteiger partial charge on any atom is 0.350 e. The van der Waals surface area contributed by atoms with Crippen LogP contribution >= 0.6 is 11.6 Å². The van der Waals surface area contributed by atoms with Gasteiger partial charge in [-0.3, -0.25) is 0 Å². The van der Waals surface area contributed by atoms with Crippen LogP contribution in [-0.4, -0.2) is 32.2 Å². The average molecular weight is 361 g/mol. The Balaban J connectivity index is 2.21. The van der Waals surface area contributed by atoms with Crippen molar-refractivity contribution in [2.24, 2.45) is 0 Å². The van der Waals surface area contributed by atoms with Gasteiger partial charge in [0.15, 0.2) is 10.8 Å². The van der Waals surface area contributed by atoms with Crippen LogP contribution in [0.3, 0.4) is 0 Å². The van der Waals surface area contributed by atoms with Gasteiger partial charge in [0.2, 0.25) is 0 Å². The van der Waals surface area contributed by atoms with Crippen molar-refractivity contribution in [3.63, 3.8) is 0 Å². The number of benzene rings is 1. The van der Waals surface area contributed by atoms with Crippen LogP contribution in [0.15, 0.2) is 35.3 Å². The summed E-state index contributed by atoms with van der Waals surface area (Å²) in [6.45, 7) is 5.63. The van der Waals surface area contributed by atoms with Crippen molar-refractivity contribution in [2.45, 2.75) is 26.3 Å². The number of fused-ring (bicyclic) bond motifs is 1. The van der Waals surface area contributed by atoms with E-state index < -0.39 is 11.5 Å². The van der Waals surface area contributed by atoms with E-state index in [0.29, 0.717) is 16.8 Å². The molecule has 0 aliphatic carbocycles. The molecule has 0 spiro atoms. The Hall–Kier alpha value is -2.67. The highest BCUT2D eigenvalue weighted by Crippen LogP contribution is 2.23. The summed E-state index contributed by atoms with van der Waals surface area (Å²) in [7, 11) is 1.32. The summed E-state index contributed by atoms with van der Waals surface area (Å²) in [4.78, 5) is 28.7. The normalized spacial score (nSPS) is 11.7. The molecule has 7 nitrogen and oxygen atoms in total. The first-order chi connectivity index (χ1) is 11.7. The first-order valence-corrected chi connectivity index (χ1v) is 7.97. The zero-order valence-corrected chi connectivity index (χ0v) is 15.0. The topological polar surface area (TPSA) is 78.5 Å². The van der Waals surface area contributed by atoms with Gasteiger partial charge in [0.25, 0.3) is 0 Å². The molecule has 0 aliphatic heterocycles. The number of nitrogens with zero attached hydrogens (tertiary/aromatic N) is 4. The molecule has 8 heteroatoms. The van der Waals surface area contributed by atoms with Gasteiger partial charge < -0.3 is 4.74 Å². The molecule has 0 amide bonds. The fourth-order valence-corrected chi connectivity index (χ4v) is 2.66. The minimum Gasteiger partial charge on any atom is -0.465 e. The van der Waals surface area contributed by atoms with E-state index in [0.717, 1.165) is 0 Å². The third-order valence-electron chi connectivity index (χ3n) is 3.68. The molecule has 0 radical (unpaired) electrons. The van der Waals surface area contributed by atoms with Gasteiger partial charge in [0.05, 0.1) is 23.9 Å². The van der Waals surface area contributed by atoms with Gasteiger partial charge in [-0.25, -0.2) is 23.7 Å². The number of hydrogen-bond acceptors (Lipinski definition) is 5. The summed E-state index contributed by atoms with van der Waals surface area (Å²) in [6, 6.07) is 6.76. The van der Waals surface area contributed by atoms with Crippen molar-refractivity contribution in [2.75, 3.05) is 7.11 Å². The zero-order valence-electron chi connectivity index (χ0n) is 14.3. The molecule has 0 saturated heterocycles. The molecule has 130 valence electrons. The Morgan fingerprint density at radius 3 is 2.64 bits per heavy atom. The van der Waals surface area contributed by atoms with E-state index in [1.54, 1.807) is 30.5 Å². The molecule has 25 heavy (non-hydrogen) atoms. The fourth-order valence-electron chi connectivity index (χ4n) is 2.44. The third kappa shape index (κ3) is 3.02. The van der Waals surface area contributed by atoms with Crippen LogP contribution in [0.5, 0.6) is 0 Å². The number of esters is 1. The second-order valence-corrected chi connectivity index (χ2v) is 6.91. The lowest BCUT2D eigenvalue weighted by Gasteiger charge is -2.16. The van der Waals surface area contributed by atoms with E-state index in [4.69, 9.17) is 16.3 Å². The highest BCUT2D eigenvalue weighted by Gasteiger charge is 2.22. The Morgan fingerprint density at radius 1 is 1.28 bits per heavy atom. The molecule has 0 saturated carbocycles. The highest BCUT2D eigenvalue weighted by molar-refractivity contribution is 6.32. The van der Waals surface area contributed by atoms with Crippen molar-refractivity contribution in [1.82, 2.24) is 19.2 Å². The first-order valence-electron chi connectivity index (χ1n) is 7.59. The lowest BCUT2D eigenvalue weighted by molar-refractivity contribution is 0.0601. The maximum absolute atomic E-state index is 12.6. The van der Waals surface area contributed by atoms with Crippen LogP contribution in [0, 0.1) is 0 Å². The van der Waals surface area contributed by atoms with Crippen molar-refractivity contribution in [3.8, 4) is 11.3 Å². The zero-order chi connectivity index (χ0) is 18.4. The number of methoxy groups -OCH3 is 1. The molecule has 2 aromatic heterocycles. The molecule has 0 N–H and O–H groups in total. The molecule has 0 unspecified atom stereocenters. The third-order valence-corrected chi connectivity index (χ3v) is 3.93. The molecular weight excluding hydrogens is 344 g/mol. The van der Waals surface area contributed by atoms with Gasteiger partial charge in [-0.2, -0.15) is 0 Å². The first kappa shape index (κ1) is 17.2. The number of carbonyl (C=O) groups excluding carboxylic acids is 1. The Bertz CT molecular complexity index is 1030. The van der Waals surface area contributed by atoms with Gasteiger partial charge in [-0.15, -0.1) is 5.10 Å². The molecule has 3 aromatic rings. The van der Waals surface area contributed by atoms with Gasteiger partial charge in [-0.1, -0.05) is 23.7 Å². The Kier molecular flexibility index (Phi) is 4.12. The predicted octanol–water partition coefficient (Wildman–Crippen LogP) is 2.75. The molecule has 0 aliphatic rings. The summed E-state index contributed by atoms with van der Waals surface area (Å²) >= 11 is 6.24. The Labute approximate surface area is 148 Å². The lowest BCUT2D eigenvalue weighted by atomic mass is 10.1. The van der Waals surface area contributed by atoms with E-state index in [1.807, 2.05) is 20.8 Å². The van der Waals surface area contributed by atoms with Gasteiger partial charge >= 0.3 is 11.7 Å². The average Bonchev–Trinajstić information content (AvgIpc) is 2.92. The summed E-state index contributed by atoms with van der Waals surface area (Å²) in [6.07, 6.45) is 1.56. The van der Waals surface area contributed by atoms with E-state index >= 15 is 0 Å². The molecule has 2 heterocycles. The van der Waals surface area contributed by atoms with Gasteiger partial charge in [0.1, 0.15) is 0 Å². The van der Waals surface area contributed by atoms with E-state index in [2.05, 4.69) is 10.1 Å². The SMILES string of the molecule is COC(=O)c1cccc(-c2cn3c(=O)n(C(C)(C)C)nc3c(Cl)n2)c1. The number of halogens is 1. The second kappa shape index (κ2) is 6.00. The predicted molar refractivity (Wildman–Crippen MR) is 94.0 cm³/mol. The van der Waals surface area contributed by atoms with E-state index in [1.165, 1.54) is 16.2 Å². The molecule has 1 aromatic carbocycles. The number of carbonyl (C=O) groups is 1. The summed E-state index contributed by atoms with van der Waals surface area (Å²) in [5.74, 6) is -0.452. The minimum atomic E-state index is -0.489.